The first-order valence-electron chi connectivity index (χ1n) is 11.0. The van der Waals surface area contributed by atoms with Crippen LogP contribution in [0.3, 0.4) is 0 Å². The van der Waals surface area contributed by atoms with Gasteiger partial charge in [-0.1, -0.05) is 43.2 Å². The van der Waals surface area contributed by atoms with Gasteiger partial charge in [0.1, 0.15) is 10.6 Å². The Labute approximate surface area is 208 Å². The minimum absolute atomic E-state index is 0.00493. The smallest absolute Gasteiger partial charge is 0.265 e. The fraction of sp³-hybridized carbons (Fsp3) is 0.217. The average Bonchev–Trinajstić information content (AvgIpc) is 3.61. The Morgan fingerprint density at radius 1 is 0.886 bits per heavy atom. The minimum atomic E-state index is -4.00. The number of rotatable bonds is 8. The van der Waals surface area contributed by atoms with Crippen LogP contribution in [0.15, 0.2) is 82.2 Å². The second kappa shape index (κ2) is 9.44. The summed E-state index contributed by atoms with van der Waals surface area (Å²) in [6, 6.07) is 14.9. The molecular weight excluding hydrogens is 506 g/mol. The lowest BCUT2D eigenvalue weighted by Crippen LogP contribution is -2.15. The van der Waals surface area contributed by atoms with Crippen molar-refractivity contribution in [2.24, 2.45) is 0 Å². The van der Waals surface area contributed by atoms with Gasteiger partial charge >= 0.3 is 0 Å². The van der Waals surface area contributed by atoms with Crippen LogP contribution in [-0.2, 0) is 20.0 Å². The molecule has 4 aromatic rings. The number of aromatic nitrogens is 3. The molecular formula is C23H23N5O4S3. The van der Waals surface area contributed by atoms with E-state index in [1.807, 2.05) is 30.3 Å². The highest BCUT2D eigenvalue weighted by atomic mass is 32.2. The average molecular weight is 530 g/mol. The van der Waals surface area contributed by atoms with E-state index in [-0.39, 0.29) is 26.7 Å². The van der Waals surface area contributed by atoms with Gasteiger partial charge in [0, 0.05) is 29.0 Å². The Morgan fingerprint density at radius 3 is 2.26 bits per heavy atom. The fourth-order valence-corrected chi connectivity index (χ4v) is 7.09. The van der Waals surface area contributed by atoms with Gasteiger partial charge < -0.3 is 0 Å². The summed E-state index contributed by atoms with van der Waals surface area (Å²) in [6.07, 6.45) is 7.22. The number of benzene rings is 2. The van der Waals surface area contributed by atoms with E-state index in [1.165, 1.54) is 30.5 Å². The van der Waals surface area contributed by atoms with Gasteiger partial charge in [0.25, 0.3) is 20.0 Å². The molecule has 0 amide bonds. The molecule has 1 fully saturated rings. The van der Waals surface area contributed by atoms with Gasteiger partial charge in [-0.2, -0.15) is 5.10 Å². The van der Waals surface area contributed by atoms with Crippen LogP contribution in [0, 0.1) is 0 Å². The Balaban J connectivity index is 1.43. The summed E-state index contributed by atoms with van der Waals surface area (Å²) in [5, 5.41) is 6.57. The SMILES string of the molecule is O=S(=O)(Nc1nccs1)c1ccc(NS(=O)(=O)c2cn(C3CCCC3)nc2-c2ccccc2)cc1. The lowest BCUT2D eigenvalue weighted by atomic mass is 10.2. The van der Waals surface area contributed by atoms with Crippen LogP contribution in [0.4, 0.5) is 10.8 Å². The van der Waals surface area contributed by atoms with Crippen LogP contribution >= 0.6 is 11.3 Å². The fourth-order valence-electron chi connectivity index (χ4n) is 4.08. The van der Waals surface area contributed by atoms with E-state index >= 15 is 0 Å². The lowest BCUT2D eigenvalue weighted by molar-refractivity contribution is 0.467. The van der Waals surface area contributed by atoms with Gasteiger partial charge in [-0.05, 0) is 37.1 Å². The summed E-state index contributed by atoms with van der Waals surface area (Å²) in [5.74, 6) is 0. The van der Waals surface area contributed by atoms with Crippen LogP contribution in [0.2, 0.25) is 0 Å². The van der Waals surface area contributed by atoms with Gasteiger partial charge in [-0.25, -0.2) is 21.8 Å². The largest absolute Gasteiger partial charge is 0.280 e. The van der Waals surface area contributed by atoms with E-state index in [9.17, 15) is 16.8 Å². The van der Waals surface area contributed by atoms with Crippen molar-refractivity contribution in [1.29, 1.82) is 0 Å². The predicted octanol–water partition coefficient (Wildman–Crippen LogP) is 4.72. The van der Waals surface area contributed by atoms with E-state index in [1.54, 1.807) is 16.3 Å². The third-order valence-electron chi connectivity index (χ3n) is 5.80. The van der Waals surface area contributed by atoms with Crippen molar-refractivity contribution in [3.63, 3.8) is 0 Å². The summed E-state index contributed by atoms with van der Waals surface area (Å²) >= 11 is 1.16. The third-order valence-corrected chi connectivity index (χ3v) is 9.36. The molecule has 2 aromatic carbocycles. The first-order valence-corrected chi connectivity index (χ1v) is 14.9. The molecule has 1 saturated carbocycles. The van der Waals surface area contributed by atoms with Crippen LogP contribution < -0.4 is 9.44 Å². The maximum Gasteiger partial charge on any atom is 0.265 e. The normalized spacial score (nSPS) is 14.7. The van der Waals surface area contributed by atoms with Crippen molar-refractivity contribution >= 4 is 42.2 Å². The van der Waals surface area contributed by atoms with Crippen LogP contribution in [0.1, 0.15) is 31.7 Å². The van der Waals surface area contributed by atoms with E-state index in [2.05, 4.69) is 19.5 Å². The molecule has 0 spiro atoms. The summed E-state index contributed by atoms with van der Waals surface area (Å²) in [5.41, 5.74) is 1.34. The number of sulfonamides is 2. The molecule has 5 rings (SSSR count). The molecule has 0 radical (unpaired) electrons. The molecule has 0 bridgehead atoms. The van der Waals surface area contributed by atoms with Crippen molar-refractivity contribution < 1.29 is 16.8 Å². The van der Waals surface area contributed by atoms with Gasteiger partial charge in [-0.3, -0.25) is 14.1 Å². The highest BCUT2D eigenvalue weighted by Gasteiger charge is 2.27. The minimum Gasteiger partial charge on any atom is -0.280 e. The van der Waals surface area contributed by atoms with Crippen LogP contribution in [-0.4, -0.2) is 31.6 Å². The zero-order valence-corrected chi connectivity index (χ0v) is 21.0. The second-order valence-electron chi connectivity index (χ2n) is 8.20. The highest BCUT2D eigenvalue weighted by Crippen LogP contribution is 2.34. The Hall–Kier alpha value is -3.22. The maximum absolute atomic E-state index is 13.4. The summed E-state index contributed by atoms with van der Waals surface area (Å²) in [7, 11) is -7.83. The van der Waals surface area contributed by atoms with E-state index in [0.717, 1.165) is 37.0 Å². The quantitative estimate of drug-likeness (QED) is 0.340. The molecule has 0 atom stereocenters. The zero-order valence-electron chi connectivity index (χ0n) is 18.5. The number of hydrogen-bond donors (Lipinski definition) is 2. The molecule has 9 nitrogen and oxygen atoms in total. The molecule has 0 unspecified atom stereocenters. The molecule has 2 N–H and O–H groups in total. The summed E-state index contributed by atoms with van der Waals surface area (Å²) in [6.45, 7) is 0. The Morgan fingerprint density at radius 2 is 1.60 bits per heavy atom. The Kier molecular flexibility index (Phi) is 6.34. The number of nitrogens with one attached hydrogen (secondary N) is 2. The molecule has 2 heterocycles. The number of thiazole rings is 1. The predicted molar refractivity (Wildman–Crippen MR) is 135 cm³/mol. The van der Waals surface area contributed by atoms with Crippen LogP contribution in [0.25, 0.3) is 11.3 Å². The maximum atomic E-state index is 13.4. The molecule has 1 aliphatic carbocycles. The summed E-state index contributed by atoms with van der Waals surface area (Å²) < 4.78 is 58.7. The topological polar surface area (TPSA) is 123 Å². The standard InChI is InChI=1S/C23H23N5O4S3/c29-34(30,27-23-24-14-15-33-23)20-12-10-18(11-13-20)26-35(31,32)21-16-28(19-8-4-5-9-19)25-22(21)17-6-2-1-3-7-17/h1-3,6-7,10-16,19,26H,4-5,8-9H2,(H,24,27). The van der Waals surface area contributed by atoms with Crippen molar-refractivity contribution in [2.45, 2.75) is 41.5 Å². The highest BCUT2D eigenvalue weighted by molar-refractivity contribution is 7.93. The molecule has 1 aliphatic rings. The van der Waals surface area contributed by atoms with E-state index in [0.29, 0.717) is 11.3 Å². The molecule has 0 aliphatic heterocycles. The molecule has 0 saturated heterocycles. The lowest BCUT2D eigenvalue weighted by Gasteiger charge is -2.10. The van der Waals surface area contributed by atoms with Gasteiger partial charge in [0.15, 0.2) is 5.13 Å². The van der Waals surface area contributed by atoms with E-state index in [4.69, 9.17) is 0 Å². The first-order chi connectivity index (χ1) is 16.8. The van der Waals surface area contributed by atoms with Crippen molar-refractivity contribution in [2.75, 3.05) is 9.44 Å². The molecule has 35 heavy (non-hydrogen) atoms. The van der Waals surface area contributed by atoms with Crippen molar-refractivity contribution in [1.82, 2.24) is 14.8 Å². The third kappa shape index (κ3) is 5.09. The zero-order chi connectivity index (χ0) is 24.5. The first kappa shape index (κ1) is 23.5. The van der Waals surface area contributed by atoms with Crippen LogP contribution in [0.5, 0.6) is 0 Å². The molecule has 182 valence electrons. The van der Waals surface area contributed by atoms with Gasteiger partial charge in [0.05, 0.1) is 10.9 Å². The monoisotopic (exact) mass is 529 g/mol. The van der Waals surface area contributed by atoms with Gasteiger partial charge in [0.2, 0.25) is 0 Å². The number of anilines is 2. The summed E-state index contributed by atoms with van der Waals surface area (Å²) in [4.78, 5) is 4.00. The van der Waals surface area contributed by atoms with Gasteiger partial charge in [-0.15, -0.1) is 11.3 Å². The second-order valence-corrected chi connectivity index (χ2v) is 12.4. The van der Waals surface area contributed by atoms with Crippen molar-refractivity contribution in [3.05, 3.63) is 72.4 Å². The number of hydrogen-bond acceptors (Lipinski definition) is 7. The Bertz CT molecular complexity index is 1510. The molecule has 12 heteroatoms. The van der Waals surface area contributed by atoms with E-state index < -0.39 is 20.0 Å². The molecule has 2 aromatic heterocycles. The number of nitrogens with zero attached hydrogens (tertiary/aromatic N) is 3. The van der Waals surface area contributed by atoms with Crippen molar-refractivity contribution in [3.8, 4) is 11.3 Å².